The molecule has 24 heavy (non-hydrogen) atoms. The van der Waals surface area contributed by atoms with Crippen LogP contribution in [0.2, 0.25) is 0 Å². The molecule has 1 fully saturated rings. The Kier molecular flexibility index (Phi) is 4.00. The normalized spacial score (nSPS) is 24.0. The first-order chi connectivity index (χ1) is 11.3. The summed E-state index contributed by atoms with van der Waals surface area (Å²) in [6.07, 6.45) is 3.84. The first-order valence-electron chi connectivity index (χ1n) is 8.48. The van der Waals surface area contributed by atoms with Crippen LogP contribution in [0.15, 0.2) is 58.6 Å². The number of thioether (sulfide) groups is 1. The van der Waals surface area contributed by atoms with Crippen molar-refractivity contribution in [2.24, 2.45) is 4.99 Å². The molecule has 0 aromatic heterocycles. The number of aliphatic imine (C=N–C) groups is 1. The molecule has 2 aromatic rings. The molecule has 124 valence electrons. The van der Waals surface area contributed by atoms with Crippen LogP contribution in [0, 0.1) is 0 Å². The Hall–Kier alpha value is -1.26. The third kappa shape index (κ3) is 2.19. The molecule has 3 aliphatic rings. The summed E-state index contributed by atoms with van der Waals surface area (Å²) in [6, 6.07) is 16.2. The van der Waals surface area contributed by atoms with Gasteiger partial charge >= 0.3 is 0 Å². The van der Waals surface area contributed by atoms with Gasteiger partial charge < -0.3 is 4.90 Å². The lowest BCUT2D eigenvalue weighted by molar-refractivity contribution is 0.237. The van der Waals surface area contributed by atoms with E-state index in [9.17, 15) is 0 Å². The zero-order chi connectivity index (χ0) is 15.4. The average molecular weight is 401 g/mol. The number of hydrogen-bond acceptors (Lipinski definition) is 3. The molecule has 0 spiro atoms. The maximum atomic E-state index is 4.70. The Bertz CT molecular complexity index is 854. The number of amidine groups is 1. The molecule has 0 amide bonds. The lowest BCUT2D eigenvalue weighted by Crippen LogP contribution is -2.44. The number of nitrogens with zero attached hydrogens (tertiary/aromatic N) is 2. The highest BCUT2D eigenvalue weighted by atomic mass is 79.9. The van der Waals surface area contributed by atoms with Crippen molar-refractivity contribution in [3.8, 4) is 0 Å². The quantitative estimate of drug-likeness (QED) is 0.662. The minimum Gasteiger partial charge on any atom is -0.319 e. The highest BCUT2D eigenvalue weighted by molar-refractivity contribution is 8.93. The van der Waals surface area contributed by atoms with E-state index in [0.29, 0.717) is 6.04 Å². The standard InChI is InChI=1S/C20H20N2S.BrH/c1-14-12-21-19-22(14)18(13-23-19)20(9-4-10-20)17-8-7-15-5-2-3-6-16(15)11-17;/h2-3,5-8,11,13-14H,4,9-10,12H2,1H3;1H. The maximum absolute atomic E-state index is 4.70. The maximum Gasteiger partial charge on any atom is 0.168 e. The van der Waals surface area contributed by atoms with Crippen LogP contribution in [0.25, 0.3) is 10.8 Å². The fourth-order valence-corrected chi connectivity index (χ4v) is 5.31. The summed E-state index contributed by atoms with van der Waals surface area (Å²) in [5.74, 6) is 0. The number of hydrogen-bond donors (Lipinski definition) is 0. The Morgan fingerprint density at radius 1 is 1.12 bits per heavy atom. The summed E-state index contributed by atoms with van der Waals surface area (Å²) in [6.45, 7) is 3.23. The van der Waals surface area contributed by atoms with Crippen molar-refractivity contribution >= 4 is 44.7 Å². The smallest absolute Gasteiger partial charge is 0.168 e. The molecule has 2 heterocycles. The topological polar surface area (TPSA) is 15.6 Å². The van der Waals surface area contributed by atoms with Gasteiger partial charge in [0.2, 0.25) is 0 Å². The van der Waals surface area contributed by atoms with Gasteiger partial charge in [0.15, 0.2) is 5.17 Å². The number of fused-ring (bicyclic) bond motifs is 2. The van der Waals surface area contributed by atoms with Gasteiger partial charge in [0.25, 0.3) is 0 Å². The van der Waals surface area contributed by atoms with Gasteiger partial charge in [-0.2, -0.15) is 0 Å². The molecular weight excluding hydrogens is 380 g/mol. The second-order valence-electron chi connectivity index (χ2n) is 6.96. The van der Waals surface area contributed by atoms with Crippen molar-refractivity contribution in [1.29, 1.82) is 0 Å². The Balaban J connectivity index is 0.00000146. The number of rotatable bonds is 2. The molecule has 0 saturated heterocycles. The highest BCUT2D eigenvalue weighted by Gasteiger charge is 2.48. The third-order valence-corrected chi connectivity index (χ3v) is 6.55. The zero-order valence-electron chi connectivity index (χ0n) is 13.7. The monoisotopic (exact) mass is 400 g/mol. The Labute approximate surface area is 157 Å². The van der Waals surface area contributed by atoms with Gasteiger partial charge in [-0.05, 0) is 41.5 Å². The van der Waals surface area contributed by atoms with Gasteiger partial charge in [-0.1, -0.05) is 60.6 Å². The van der Waals surface area contributed by atoms with Crippen molar-refractivity contribution in [3.63, 3.8) is 0 Å². The van der Waals surface area contributed by atoms with Crippen molar-refractivity contribution in [2.45, 2.75) is 37.6 Å². The van der Waals surface area contributed by atoms with Crippen LogP contribution in [-0.4, -0.2) is 22.7 Å². The summed E-state index contributed by atoms with van der Waals surface area (Å²) in [7, 11) is 0. The van der Waals surface area contributed by atoms with Gasteiger partial charge in [0.05, 0.1) is 12.6 Å². The molecule has 1 aliphatic carbocycles. The minimum atomic E-state index is 0. The van der Waals surface area contributed by atoms with Crippen molar-refractivity contribution in [2.75, 3.05) is 6.54 Å². The number of halogens is 1. The second kappa shape index (κ2) is 5.92. The van der Waals surface area contributed by atoms with E-state index >= 15 is 0 Å². The Morgan fingerprint density at radius 2 is 1.92 bits per heavy atom. The van der Waals surface area contributed by atoms with Gasteiger partial charge in [0, 0.05) is 11.1 Å². The van der Waals surface area contributed by atoms with Crippen LogP contribution in [0.3, 0.4) is 0 Å². The molecule has 0 bridgehead atoms. The summed E-state index contributed by atoms with van der Waals surface area (Å²) in [4.78, 5) is 7.20. The zero-order valence-corrected chi connectivity index (χ0v) is 16.3. The van der Waals surface area contributed by atoms with Crippen LogP contribution in [-0.2, 0) is 5.41 Å². The lowest BCUT2D eigenvalue weighted by atomic mass is 9.62. The molecule has 4 heteroatoms. The van der Waals surface area contributed by atoms with E-state index in [4.69, 9.17) is 4.99 Å². The fourth-order valence-electron chi connectivity index (χ4n) is 4.21. The molecule has 1 unspecified atom stereocenters. The van der Waals surface area contributed by atoms with Crippen molar-refractivity contribution in [3.05, 3.63) is 59.1 Å². The molecule has 0 radical (unpaired) electrons. The largest absolute Gasteiger partial charge is 0.319 e. The average Bonchev–Trinajstić information content (AvgIpc) is 3.11. The van der Waals surface area contributed by atoms with Crippen LogP contribution < -0.4 is 0 Å². The van der Waals surface area contributed by atoms with Crippen molar-refractivity contribution in [1.82, 2.24) is 4.90 Å². The van der Waals surface area contributed by atoms with Crippen LogP contribution in [0.4, 0.5) is 0 Å². The van der Waals surface area contributed by atoms with E-state index in [2.05, 4.69) is 59.7 Å². The molecular formula is C20H21BrN2S. The number of allylic oxidation sites excluding steroid dienone is 1. The van der Waals surface area contributed by atoms with E-state index < -0.39 is 0 Å². The summed E-state index contributed by atoms with van der Waals surface area (Å²) >= 11 is 1.81. The predicted molar refractivity (Wildman–Crippen MR) is 109 cm³/mol. The minimum absolute atomic E-state index is 0. The first kappa shape index (κ1) is 16.2. The van der Waals surface area contributed by atoms with Gasteiger partial charge in [-0.3, -0.25) is 4.99 Å². The van der Waals surface area contributed by atoms with E-state index in [1.807, 2.05) is 11.8 Å². The molecule has 5 rings (SSSR count). The van der Waals surface area contributed by atoms with E-state index in [0.717, 1.165) is 6.54 Å². The molecule has 0 N–H and O–H groups in total. The third-order valence-electron chi connectivity index (χ3n) is 5.67. The predicted octanol–water partition coefficient (Wildman–Crippen LogP) is 5.49. The van der Waals surface area contributed by atoms with E-state index in [-0.39, 0.29) is 22.4 Å². The highest BCUT2D eigenvalue weighted by Crippen LogP contribution is 2.54. The second-order valence-corrected chi connectivity index (χ2v) is 7.80. The van der Waals surface area contributed by atoms with E-state index in [1.165, 1.54) is 46.5 Å². The lowest BCUT2D eigenvalue weighted by Gasteiger charge is -2.47. The van der Waals surface area contributed by atoms with Gasteiger partial charge in [-0.15, -0.1) is 17.0 Å². The molecule has 2 aromatic carbocycles. The van der Waals surface area contributed by atoms with Gasteiger partial charge in [-0.25, -0.2) is 0 Å². The number of benzene rings is 2. The summed E-state index contributed by atoms with van der Waals surface area (Å²) in [5, 5.41) is 6.26. The fraction of sp³-hybridized carbons (Fsp3) is 0.350. The molecule has 2 nitrogen and oxygen atoms in total. The van der Waals surface area contributed by atoms with Crippen LogP contribution in [0.5, 0.6) is 0 Å². The summed E-state index contributed by atoms with van der Waals surface area (Å²) in [5.41, 5.74) is 3.18. The Morgan fingerprint density at radius 3 is 2.67 bits per heavy atom. The molecule has 1 saturated carbocycles. The molecule has 2 aliphatic heterocycles. The van der Waals surface area contributed by atoms with Crippen molar-refractivity contribution < 1.29 is 0 Å². The van der Waals surface area contributed by atoms with E-state index in [1.54, 1.807) is 0 Å². The van der Waals surface area contributed by atoms with Gasteiger partial charge in [0.1, 0.15) is 0 Å². The molecule has 1 atom stereocenters. The SMILES string of the molecule is Br.CC1CN=C2SC=C(C3(c4ccc5ccccc5c4)CCC3)N21. The van der Waals surface area contributed by atoms with Crippen LogP contribution >= 0.6 is 28.7 Å². The van der Waals surface area contributed by atoms with Crippen LogP contribution in [0.1, 0.15) is 31.7 Å². The summed E-state index contributed by atoms with van der Waals surface area (Å²) < 4.78 is 0. The first-order valence-corrected chi connectivity index (χ1v) is 9.36.